The lowest BCUT2D eigenvalue weighted by atomic mass is 9.96. The highest BCUT2D eigenvalue weighted by Gasteiger charge is 2.21. The van der Waals surface area contributed by atoms with Gasteiger partial charge in [0, 0.05) is 11.3 Å². The fraction of sp³-hybridized carbons (Fsp3) is 0.429. The summed E-state index contributed by atoms with van der Waals surface area (Å²) in [5.41, 5.74) is 1.13. The van der Waals surface area contributed by atoms with Crippen molar-refractivity contribution in [1.29, 1.82) is 0 Å². The van der Waals surface area contributed by atoms with Crippen molar-refractivity contribution in [1.82, 2.24) is 0 Å². The average molecular weight is 249 g/mol. The number of aliphatic hydroxyl groups excluding tert-OH is 1. The maximum atomic E-state index is 11.9. The smallest absolute Gasteiger partial charge is 0.230 e. The van der Waals surface area contributed by atoms with Crippen LogP contribution in [-0.4, -0.2) is 23.4 Å². The van der Waals surface area contributed by atoms with Crippen LogP contribution in [0.15, 0.2) is 24.3 Å². The average Bonchev–Trinajstić information content (AvgIpc) is 2.29. The SMILES string of the molecule is CC(=O)c1cccc(NC(=O)C(CO)C(C)C)c1. The molecule has 18 heavy (non-hydrogen) atoms. The second-order valence-electron chi connectivity index (χ2n) is 4.66. The molecule has 1 unspecified atom stereocenters. The lowest BCUT2D eigenvalue weighted by Crippen LogP contribution is -2.29. The van der Waals surface area contributed by atoms with Crippen LogP contribution in [0.25, 0.3) is 0 Å². The number of anilines is 1. The van der Waals surface area contributed by atoms with Gasteiger partial charge in [-0.1, -0.05) is 26.0 Å². The Balaban J connectivity index is 2.81. The molecule has 2 N–H and O–H groups in total. The number of aliphatic hydroxyl groups is 1. The van der Waals surface area contributed by atoms with Crippen molar-refractivity contribution < 1.29 is 14.7 Å². The lowest BCUT2D eigenvalue weighted by molar-refractivity contribution is -0.122. The first-order valence-electron chi connectivity index (χ1n) is 5.98. The molecule has 98 valence electrons. The van der Waals surface area contributed by atoms with Gasteiger partial charge in [-0.3, -0.25) is 9.59 Å². The van der Waals surface area contributed by atoms with E-state index in [1.165, 1.54) is 6.92 Å². The van der Waals surface area contributed by atoms with Crippen LogP contribution in [-0.2, 0) is 4.79 Å². The molecule has 4 nitrogen and oxygen atoms in total. The Labute approximate surface area is 107 Å². The van der Waals surface area contributed by atoms with Crippen LogP contribution in [0.3, 0.4) is 0 Å². The molecule has 1 aromatic rings. The highest BCUT2D eigenvalue weighted by Crippen LogP contribution is 2.16. The van der Waals surface area contributed by atoms with Crippen molar-refractivity contribution in [3.05, 3.63) is 29.8 Å². The predicted molar refractivity (Wildman–Crippen MR) is 70.5 cm³/mol. The third-order valence-corrected chi connectivity index (χ3v) is 2.87. The van der Waals surface area contributed by atoms with E-state index in [4.69, 9.17) is 0 Å². The number of nitrogens with one attached hydrogen (secondary N) is 1. The number of hydrogen-bond acceptors (Lipinski definition) is 3. The Kier molecular flexibility index (Phi) is 5.04. The summed E-state index contributed by atoms with van der Waals surface area (Å²) in [4.78, 5) is 23.1. The van der Waals surface area contributed by atoms with Crippen molar-refractivity contribution in [3.63, 3.8) is 0 Å². The summed E-state index contributed by atoms with van der Waals surface area (Å²) >= 11 is 0. The molecule has 1 aromatic carbocycles. The summed E-state index contributed by atoms with van der Waals surface area (Å²) in [7, 11) is 0. The molecule has 0 saturated carbocycles. The molecule has 0 spiro atoms. The fourth-order valence-corrected chi connectivity index (χ4v) is 1.65. The van der Waals surface area contributed by atoms with Gasteiger partial charge in [0.25, 0.3) is 0 Å². The van der Waals surface area contributed by atoms with Gasteiger partial charge in [-0.15, -0.1) is 0 Å². The van der Waals surface area contributed by atoms with E-state index < -0.39 is 5.92 Å². The van der Waals surface area contributed by atoms with Gasteiger partial charge in [0.15, 0.2) is 5.78 Å². The highest BCUT2D eigenvalue weighted by molar-refractivity contribution is 5.97. The Hall–Kier alpha value is -1.68. The van der Waals surface area contributed by atoms with Crippen LogP contribution in [0.5, 0.6) is 0 Å². The van der Waals surface area contributed by atoms with Gasteiger partial charge in [0.05, 0.1) is 12.5 Å². The quantitative estimate of drug-likeness (QED) is 0.785. The van der Waals surface area contributed by atoms with Crippen LogP contribution < -0.4 is 5.32 Å². The maximum Gasteiger partial charge on any atom is 0.230 e. The summed E-state index contributed by atoms with van der Waals surface area (Å²) in [6.07, 6.45) is 0. The van der Waals surface area contributed by atoms with Crippen LogP contribution in [0.4, 0.5) is 5.69 Å². The number of rotatable bonds is 5. The van der Waals surface area contributed by atoms with E-state index >= 15 is 0 Å². The minimum Gasteiger partial charge on any atom is -0.396 e. The molecule has 0 radical (unpaired) electrons. The molecule has 0 aliphatic heterocycles. The zero-order valence-electron chi connectivity index (χ0n) is 10.9. The first kappa shape index (κ1) is 14.4. The first-order valence-corrected chi connectivity index (χ1v) is 5.98. The van der Waals surface area contributed by atoms with Crippen LogP contribution in [0, 0.1) is 11.8 Å². The lowest BCUT2D eigenvalue weighted by Gasteiger charge is -2.17. The second kappa shape index (κ2) is 6.31. The number of carbonyl (C=O) groups is 2. The Morgan fingerprint density at radius 2 is 2.00 bits per heavy atom. The zero-order valence-corrected chi connectivity index (χ0v) is 10.9. The molecule has 4 heteroatoms. The number of ketones is 1. The minimum atomic E-state index is -0.439. The molecule has 0 heterocycles. The normalized spacial score (nSPS) is 12.3. The summed E-state index contributed by atoms with van der Waals surface area (Å²) < 4.78 is 0. The second-order valence-corrected chi connectivity index (χ2v) is 4.66. The topological polar surface area (TPSA) is 66.4 Å². The molecule has 0 aliphatic carbocycles. The fourth-order valence-electron chi connectivity index (χ4n) is 1.65. The molecular weight excluding hydrogens is 230 g/mol. The minimum absolute atomic E-state index is 0.0475. The van der Waals surface area contributed by atoms with Crippen LogP contribution in [0.2, 0.25) is 0 Å². The number of benzene rings is 1. The van der Waals surface area contributed by atoms with E-state index in [2.05, 4.69) is 5.32 Å². The van der Waals surface area contributed by atoms with Gasteiger partial charge >= 0.3 is 0 Å². The zero-order chi connectivity index (χ0) is 13.7. The van der Waals surface area contributed by atoms with Crippen molar-refractivity contribution in [2.45, 2.75) is 20.8 Å². The molecule has 0 aliphatic rings. The van der Waals surface area contributed by atoms with Gasteiger partial charge in [-0.2, -0.15) is 0 Å². The van der Waals surface area contributed by atoms with E-state index in [9.17, 15) is 14.7 Å². The van der Waals surface area contributed by atoms with Gasteiger partial charge in [-0.25, -0.2) is 0 Å². The Bertz CT molecular complexity index is 440. The molecular formula is C14H19NO3. The van der Waals surface area contributed by atoms with Gasteiger partial charge in [0.2, 0.25) is 5.91 Å². The number of carbonyl (C=O) groups excluding carboxylic acids is 2. The first-order chi connectivity index (χ1) is 8.45. The van der Waals surface area contributed by atoms with Crippen molar-refractivity contribution >= 4 is 17.4 Å². The summed E-state index contributed by atoms with van der Waals surface area (Å²) in [6.45, 7) is 5.06. The third kappa shape index (κ3) is 3.67. The Morgan fingerprint density at radius 1 is 1.33 bits per heavy atom. The van der Waals surface area contributed by atoms with E-state index in [-0.39, 0.29) is 24.2 Å². The predicted octanol–water partition coefficient (Wildman–Crippen LogP) is 2.09. The summed E-state index contributed by atoms with van der Waals surface area (Å²) in [5.74, 6) is -0.654. The van der Waals surface area contributed by atoms with Gasteiger partial charge in [0.1, 0.15) is 0 Å². The molecule has 1 amide bonds. The van der Waals surface area contributed by atoms with E-state index in [0.29, 0.717) is 11.3 Å². The van der Waals surface area contributed by atoms with E-state index in [1.807, 2.05) is 13.8 Å². The van der Waals surface area contributed by atoms with Crippen molar-refractivity contribution in [2.75, 3.05) is 11.9 Å². The maximum absolute atomic E-state index is 11.9. The third-order valence-electron chi connectivity index (χ3n) is 2.87. The van der Waals surface area contributed by atoms with Crippen LogP contribution in [0.1, 0.15) is 31.1 Å². The largest absolute Gasteiger partial charge is 0.396 e. The monoisotopic (exact) mass is 249 g/mol. The summed E-state index contributed by atoms with van der Waals surface area (Å²) in [6, 6.07) is 6.77. The van der Waals surface area contributed by atoms with Gasteiger partial charge < -0.3 is 10.4 Å². The highest BCUT2D eigenvalue weighted by atomic mass is 16.3. The standard InChI is InChI=1S/C14H19NO3/c1-9(2)13(8-16)14(18)15-12-6-4-5-11(7-12)10(3)17/h4-7,9,13,16H,8H2,1-3H3,(H,15,18). The molecule has 0 fully saturated rings. The van der Waals surface area contributed by atoms with E-state index in [0.717, 1.165) is 0 Å². The molecule has 1 atom stereocenters. The molecule has 1 rings (SSSR count). The van der Waals surface area contributed by atoms with Crippen LogP contribution >= 0.6 is 0 Å². The van der Waals surface area contributed by atoms with Crippen molar-refractivity contribution in [2.24, 2.45) is 11.8 Å². The summed E-state index contributed by atoms with van der Waals surface area (Å²) in [5, 5.41) is 11.9. The van der Waals surface area contributed by atoms with E-state index in [1.54, 1.807) is 24.3 Å². The molecule has 0 bridgehead atoms. The number of hydrogen-bond donors (Lipinski definition) is 2. The van der Waals surface area contributed by atoms with Gasteiger partial charge in [-0.05, 0) is 25.0 Å². The Morgan fingerprint density at radius 3 is 2.50 bits per heavy atom. The van der Waals surface area contributed by atoms with Crippen molar-refractivity contribution in [3.8, 4) is 0 Å². The number of amides is 1. The molecule has 0 aromatic heterocycles. The number of Topliss-reactive ketones (excluding diaryl/α,β-unsaturated/α-hetero) is 1. The molecule has 0 saturated heterocycles.